The van der Waals surface area contributed by atoms with Gasteiger partial charge >= 0.3 is 0 Å². The number of hydrogen-bond acceptors (Lipinski definition) is 2. The Bertz CT molecular complexity index is 445. The zero-order valence-electron chi connectivity index (χ0n) is 7.74. The van der Waals surface area contributed by atoms with Crippen molar-refractivity contribution in [2.75, 3.05) is 12.8 Å². The minimum absolute atomic E-state index is 0.682. The van der Waals surface area contributed by atoms with E-state index in [0.717, 1.165) is 16.7 Å². The van der Waals surface area contributed by atoms with Gasteiger partial charge in [-0.05, 0) is 12.1 Å². The number of aryl methyl sites for hydroxylation is 1. The fourth-order valence-corrected chi connectivity index (χ4v) is 1.49. The quantitative estimate of drug-likeness (QED) is 0.673. The van der Waals surface area contributed by atoms with Gasteiger partial charge in [0.2, 0.25) is 0 Å². The number of nitrogens with zero attached hydrogens (tertiary/aromatic N) is 1. The summed E-state index contributed by atoms with van der Waals surface area (Å²) < 4.78 is 7.18. The molecule has 0 radical (unpaired) electrons. The lowest BCUT2D eigenvalue weighted by molar-refractivity contribution is 0.417. The third-order valence-corrected chi connectivity index (χ3v) is 2.24. The number of methoxy groups -OCH3 is 1. The molecular weight excluding hydrogens is 164 g/mol. The van der Waals surface area contributed by atoms with Gasteiger partial charge in [-0.1, -0.05) is 0 Å². The summed E-state index contributed by atoms with van der Waals surface area (Å²) in [6, 6.07) is 5.91. The molecule has 0 amide bonds. The van der Waals surface area contributed by atoms with Crippen molar-refractivity contribution in [3.63, 3.8) is 0 Å². The highest BCUT2D eigenvalue weighted by atomic mass is 16.5. The highest BCUT2D eigenvalue weighted by Gasteiger charge is 2.03. The van der Waals surface area contributed by atoms with Gasteiger partial charge in [0, 0.05) is 24.7 Å². The number of aromatic nitrogens is 1. The SMILES string of the molecule is COc1cc2c(ccn2C)cc1N. The Morgan fingerprint density at radius 1 is 1.38 bits per heavy atom. The topological polar surface area (TPSA) is 40.2 Å². The summed E-state index contributed by atoms with van der Waals surface area (Å²) in [4.78, 5) is 0. The fraction of sp³-hybridized carbons (Fsp3) is 0.200. The van der Waals surface area contributed by atoms with Crippen molar-refractivity contribution in [1.29, 1.82) is 0 Å². The molecule has 1 aromatic carbocycles. The van der Waals surface area contributed by atoms with E-state index in [1.54, 1.807) is 7.11 Å². The minimum Gasteiger partial charge on any atom is -0.495 e. The summed E-state index contributed by atoms with van der Waals surface area (Å²) in [6.07, 6.45) is 2.00. The summed E-state index contributed by atoms with van der Waals surface area (Å²) in [5.74, 6) is 0.731. The first-order valence-corrected chi connectivity index (χ1v) is 4.11. The Balaban J connectivity index is 2.77. The number of nitrogen functional groups attached to an aromatic ring is 1. The van der Waals surface area contributed by atoms with Gasteiger partial charge < -0.3 is 15.0 Å². The second-order valence-corrected chi connectivity index (χ2v) is 3.08. The standard InChI is InChI=1S/C10H12N2O/c1-12-4-3-7-5-8(11)10(13-2)6-9(7)12/h3-6H,11H2,1-2H3. The van der Waals surface area contributed by atoms with Crippen molar-refractivity contribution < 1.29 is 4.74 Å². The van der Waals surface area contributed by atoms with Crippen LogP contribution in [0.25, 0.3) is 10.9 Å². The van der Waals surface area contributed by atoms with Crippen LogP contribution in [0.15, 0.2) is 24.4 Å². The Kier molecular flexibility index (Phi) is 1.65. The highest BCUT2D eigenvalue weighted by Crippen LogP contribution is 2.27. The first kappa shape index (κ1) is 7.98. The molecule has 0 saturated heterocycles. The maximum absolute atomic E-state index is 5.77. The Hall–Kier alpha value is -1.64. The van der Waals surface area contributed by atoms with Gasteiger partial charge in [-0.25, -0.2) is 0 Å². The number of hydrogen-bond donors (Lipinski definition) is 1. The van der Waals surface area contributed by atoms with Crippen molar-refractivity contribution in [1.82, 2.24) is 4.57 Å². The lowest BCUT2D eigenvalue weighted by atomic mass is 10.2. The molecule has 0 bridgehead atoms. The Morgan fingerprint density at radius 2 is 2.15 bits per heavy atom. The molecule has 0 aliphatic rings. The van der Waals surface area contributed by atoms with E-state index in [1.807, 2.05) is 36.0 Å². The normalized spacial score (nSPS) is 10.6. The monoisotopic (exact) mass is 176 g/mol. The lowest BCUT2D eigenvalue weighted by Crippen LogP contribution is -1.93. The number of ether oxygens (including phenoxy) is 1. The van der Waals surface area contributed by atoms with Crippen LogP contribution in [0.3, 0.4) is 0 Å². The van der Waals surface area contributed by atoms with E-state index in [0.29, 0.717) is 5.69 Å². The van der Waals surface area contributed by atoms with E-state index in [-0.39, 0.29) is 0 Å². The smallest absolute Gasteiger partial charge is 0.143 e. The first-order chi connectivity index (χ1) is 6.22. The van der Waals surface area contributed by atoms with Crippen molar-refractivity contribution in [3.05, 3.63) is 24.4 Å². The van der Waals surface area contributed by atoms with Crippen LogP contribution in [0.1, 0.15) is 0 Å². The van der Waals surface area contributed by atoms with Gasteiger partial charge in [0.1, 0.15) is 5.75 Å². The average molecular weight is 176 g/mol. The van der Waals surface area contributed by atoms with Crippen LogP contribution >= 0.6 is 0 Å². The molecule has 0 fully saturated rings. The van der Waals surface area contributed by atoms with Gasteiger partial charge in [0.25, 0.3) is 0 Å². The molecular formula is C10H12N2O. The molecule has 3 heteroatoms. The van der Waals surface area contributed by atoms with E-state index < -0.39 is 0 Å². The van der Waals surface area contributed by atoms with E-state index in [2.05, 4.69) is 0 Å². The molecule has 13 heavy (non-hydrogen) atoms. The molecule has 0 atom stereocenters. The highest BCUT2D eigenvalue weighted by molar-refractivity contribution is 5.86. The summed E-state index contributed by atoms with van der Waals surface area (Å²) in [7, 11) is 3.62. The summed E-state index contributed by atoms with van der Waals surface area (Å²) in [5, 5.41) is 1.14. The van der Waals surface area contributed by atoms with Crippen LogP contribution in [0.2, 0.25) is 0 Å². The minimum atomic E-state index is 0.682. The summed E-state index contributed by atoms with van der Waals surface area (Å²) in [5.41, 5.74) is 7.58. The van der Waals surface area contributed by atoms with E-state index in [1.165, 1.54) is 0 Å². The second-order valence-electron chi connectivity index (χ2n) is 3.08. The van der Waals surface area contributed by atoms with Crippen LogP contribution in [-0.2, 0) is 7.05 Å². The van der Waals surface area contributed by atoms with Crippen molar-refractivity contribution in [2.45, 2.75) is 0 Å². The van der Waals surface area contributed by atoms with Gasteiger partial charge in [0.05, 0.1) is 18.3 Å². The van der Waals surface area contributed by atoms with Crippen LogP contribution in [0.4, 0.5) is 5.69 Å². The maximum atomic E-state index is 5.77. The molecule has 2 N–H and O–H groups in total. The second kappa shape index (κ2) is 2.69. The molecule has 3 nitrogen and oxygen atoms in total. The van der Waals surface area contributed by atoms with Crippen LogP contribution < -0.4 is 10.5 Å². The summed E-state index contributed by atoms with van der Waals surface area (Å²) >= 11 is 0. The van der Waals surface area contributed by atoms with Crippen molar-refractivity contribution >= 4 is 16.6 Å². The zero-order chi connectivity index (χ0) is 9.42. The van der Waals surface area contributed by atoms with Gasteiger partial charge in [-0.15, -0.1) is 0 Å². The van der Waals surface area contributed by atoms with Crippen LogP contribution in [-0.4, -0.2) is 11.7 Å². The van der Waals surface area contributed by atoms with Crippen molar-refractivity contribution in [2.24, 2.45) is 7.05 Å². The van der Waals surface area contributed by atoms with E-state index in [9.17, 15) is 0 Å². The molecule has 2 rings (SSSR count). The molecule has 68 valence electrons. The third-order valence-electron chi connectivity index (χ3n) is 2.24. The summed E-state index contributed by atoms with van der Waals surface area (Å²) in [6.45, 7) is 0. The maximum Gasteiger partial charge on any atom is 0.143 e. The Morgan fingerprint density at radius 3 is 2.85 bits per heavy atom. The molecule has 0 aliphatic carbocycles. The third kappa shape index (κ3) is 1.13. The molecule has 1 aromatic heterocycles. The molecule has 0 unspecified atom stereocenters. The van der Waals surface area contributed by atoms with E-state index >= 15 is 0 Å². The average Bonchev–Trinajstić information content (AvgIpc) is 2.46. The van der Waals surface area contributed by atoms with Crippen LogP contribution in [0, 0.1) is 0 Å². The van der Waals surface area contributed by atoms with Gasteiger partial charge in [-0.3, -0.25) is 0 Å². The van der Waals surface area contributed by atoms with Gasteiger partial charge in [-0.2, -0.15) is 0 Å². The number of rotatable bonds is 1. The molecule has 2 aromatic rings. The largest absolute Gasteiger partial charge is 0.495 e. The lowest BCUT2D eigenvalue weighted by Gasteiger charge is -2.05. The zero-order valence-corrected chi connectivity index (χ0v) is 7.74. The van der Waals surface area contributed by atoms with E-state index in [4.69, 9.17) is 10.5 Å². The number of benzene rings is 1. The number of fused-ring (bicyclic) bond motifs is 1. The van der Waals surface area contributed by atoms with Crippen LogP contribution in [0.5, 0.6) is 5.75 Å². The van der Waals surface area contributed by atoms with Crippen molar-refractivity contribution in [3.8, 4) is 5.75 Å². The molecule has 0 spiro atoms. The number of nitrogens with two attached hydrogens (primary N) is 1. The number of anilines is 1. The molecule has 0 aliphatic heterocycles. The molecule has 1 heterocycles. The predicted molar refractivity (Wildman–Crippen MR) is 53.9 cm³/mol. The van der Waals surface area contributed by atoms with Gasteiger partial charge in [0.15, 0.2) is 0 Å². The predicted octanol–water partition coefficient (Wildman–Crippen LogP) is 1.77. The molecule has 0 saturated carbocycles. The fourth-order valence-electron chi connectivity index (χ4n) is 1.49. The first-order valence-electron chi connectivity index (χ1n) is 4.11. The Labute approximate surface area is 76.7 Å².